The maximum absolute atomic E-state index is 14.6. The van der Waals surface area contributed by atoms with Crippen molar-refractivity contribution in [3.63, 3.8) is 0 Å². The molecule has 0 aliphatic carbocycles. The summed E-state index contributed by atoms with van der Waals surface area (Å²) >= 11 is 0. The van der Waals surface area contributed by atoms with Gasteiger partial charge in [0.05, 0.1) is 13.7 Å². The van der Waals surface area contributed by atoms with Crippen molar-refractivity contribution < 1.29 is 22.6 Å². The molecule has 29 heavy (non-hydrogen) atoms. The summed E-state index contributed by atoms with van der Waals surface area (Å²) in [5.74, 6) is -0.901. The molecule has 0 aliphatic rings. The van der Waals surface area contributed by atoms with Gasteiger partial charge in [-0.25, -0.2) is 13.2 Å². The van der Waals surface area contributed by atoms with E-state index in [2.05, 4.69) is 0 Å². The average Bonchev–Trinajstić information content (AvgIpc) is 2.72. The van der Waals surface area contributed by atoms with Gasteiger partial charge in [0.15, 0.2) is 23.1 Å². The Morgan fingerprint density at radius 3 is 2.00 bits per heavy atom. The molecule has 2 nitrogen and oxygen atoms in total. The number of halogens is 3. The van der Waals surface area contributed by atoms with Crippen molar-refractivity contribution >= 4 is 0 Å². The Bertz CT molecular complexity index is 986. The molecular weight excluding hydrogens is 377 g/mol. The largest absolute Gasteiger partial charge is 0.494 e. The van der Waals surface area contributed by atoms with Crippen molar-refractivity contribution in [1.82, 2.24) is 0 Å². The fourth-order valence-corrected chi connectivity index (χ4v) is 3.08. The summed E-state index contributed by atoms with van der Waals surface area (Å²) in [6.45, 7) is 2.39. The SMILES string of the molecule is CCCOc1ccc(-c2ccc(CCc3ccc(OC)c(F)c3)c(F)c2)cc1F. The van der Waals surface area contributed by atoms with E-state index in [0.29, 0.717) is 36.1 Å². The van der Waals surface area contributed by atoms with Gasteiger partial charge >= 0.3 is 0 Å². The number of hydrogen-bond donors (Lipinski definition) is 0. The molecule has 0 amide bonds. The van der Waals surface area contributed by atoms with Crippen LogP contribution in [0.15, 0.2) is 54.6 Å². The van der Waals surface area contributed by atoms with Gasteiger partial charge in [0, 0.05) is 0 Å². The Kier molecular flexibility index (Phi) is 6.81. The van der Waals surface area contributed by atoms with Crippen molar-refractivity contribution in [2.75, 3.05) is 13.7 Å². The molecule has 3 aromatic rings. The zero-order valence-corrected chi connectivity index (χ0v) is 16.5. The summed E-state index contributed by atoms with van der Waals surface area (Å²) in [5, 5.41) is 0. The number of benzene rings is 3. The quantitative estimate of drug-likeness (QED) is 0.438. The second kappa shape index (κ2) is 9.50. The lowest BCUT2D eigenvalue weighted by molar-refractivity contribution is 0.301. The van der Waals surface area contributed by atoms with Crippen molar-refractivity contribution in [1.29, 1.82) is 0 Å². The number of hydrogen-bond acceptors (Lipinski definition) is 2. The topological polar surface area (TPSA) is 18.5 Å². The predicted octanol–water partition coefficient (Wildman–Crippen LogP) is 6.35. The predicted molar refractivity (Wildman–Crippen MR) is 108 cm³/mol. The van der Waals surface area contributed by atoms with Gasteiger partial charge in [-0.15, -0.1) is 0 Å². The first-order chi connectivity index (χ1) is 14.0. The summed E-state index contributed by atoms with van der Waals surface area (Å²) in [6, 6.07) is 14.2. The van der Waals surface area contributed by atoms with Crippen LogP contribution in [0.4, 0.5) is 13.2 Å². The summed E-state index contributed by atoms with van der Waals surface area (Å²) < 4.78 is 52.8. The third-order valence-corrected chi connectivity index (χ3v) is 4.68. The van der Waals surface area contributed by atoms with E-state index in [1.807, 2.05) is 6.92 Å². The van der Waals surface area contributed by atoms with Crippen molar-refractivity contribution in [3.05, 3.63) is 83.2 Å². The number of aryl methyl sites for hydroxylation is 2. The van der Waals surface area contributed by atoms with Crippen LogP contribution >= 0.6 is 0 Å². The molecule has 0 fully saturated rings. The number of ether oxygens (including phenoxy) is 2. The van der Waals surface area contributed by atoms with Crippen LogP contribution in [-0.2, 0) is 12.8 Å². The van der Waals surface area contributed by atoms with E-state index in [4.69, 9.17) is 9.47 Å². The van der Waals surface area contributed by atoms with E-state index in [1.165, 1.54) is 25.3 Å². The number of rotatable bonds is 8. The molecule has 0 saturated heterocycles. The molecule has 0 unspecified atom stereocenters. The van der Waals surface area contributed by atoms with Gasteiger partial charge in [0.1, 0.15) is 5.82 Å². The third-order valence-electron chi connectivity index (χ3n) is 4.68. The lowest BCUT2D eigenvalue weighted by Crippen LogP contribution is -1.98. The van der Waals surface area contributed by atoms with Crippen LogP contribution in [-0.4, -0.2) is 13.7 Å². The molecule has 0 heterocycles. The lowest BCUT2D eigenvalue weighted by Gasteiger charge is -2.10. The highest BCUT2D eigenvalue weighted by Crippen LogP contribution is 2.28. The molecule has 0 atom stereocenters. The van der Waals surface area contributed by atoms with E-state index in [-0.39, 0.29) is 17.3 Å². The van der Waals surface area contributed by atoms with Crippen LogP contribution in [0.1, 0.15) is 24.5 Å². The average molecular weight is 400 g/mol. The maximum Gasteiger partial charge on any atom is 0.165 e. The first kappa shape index (κ1) is 20.8. The zero-order chi connectivity index (χ0) is 20.8. The van der Waals surface area contributed by atoms with Crippen LogP contribution in [0.25, 0.3) is 11.1 Å². The van der Waals surface area contributed by atoms with E-state index < -0.39 is 11.6 Å². The first-order valence-electron chi connectivity index (χ1n) is 9.55. The fraction of sp³-hybridized carbons (Fsp3) is 0.250. The monoisotopic (exact) mass is 400 g/mol. The molecule has 0 aromatic heterocycles. The second-order valence-corrected chi connectivity index (χ2v) is 6.77. The van der Waals surface area contributed by atoms with Gasteiger partial charge in [-0.1, -0.05) is 31.2 Å². The Hall–Kier alpha value is -2.95. The molecule has 0 N–H and O–H groups in total. The van der Waals surface area contributed by atoms with Crippen LogP contribution < -0.4 is 9.47 Å². The van der Waals surface area contributed by atoms with Crippen molar-refractivity contribution in [2.24, 2.45) is 0 Å². The minimum atomic E-state index is -0.470. The highest BCUT2D eigenvalue weighted by molar-refractivity contribution is 5.65. The molecule has 3 aromatic carbocycles. The highest BCUT2D eigenvalue weighted by atomic mass is 19.1. The third kappa shape index (κ3) is 5.11. The smallest absolute Gasteiger partial charge is 0.165 e. The molecule has 0 bridgehead atoms. The van der Waals surface area contributed by atoms with Gasteiger partial charge in [0.2, 0.25) is 0 Å². The summed E-state index contributed by atoms with van der Waals surface area (Å²) in [5.41, 5.74) is 2.45. The van der Waals surface area contributed by atoms with Crippen LogP contribution in [0.3, 0.4) is 0 Å². The lowest BCUT2D eigenvalue weighted by atomic mass is 9.99. The summed E-state index contributed by atoms with van der Waals surface area (Å²) in [6.07, 6.45) is 1.71. The molecule has 3 rings (SSSR count). The van der Waals surface area contributed by atoms with Crippen LogP contribution in [0, 0.1) is 17.5 Å². The minimum absolute atomic E-state index is 0.183. The highest BCUT2D eigenvalue weighted by Gasteiger charge is 2.10. The normalized spacial score (nSPS) is 10.8. The molecule has 0 saturated carbocycles. The van der Waals surface area contributed by atoms with Crippen LogP contribution in [0.5, 0.6) is 11.5 Å². The Balaban J connectivity index is 1.71. The standard InChI is InChI=1S/C24H23F3O2/c1-3-12-29-24-11-9-19(15-22(24)27)18-8-7-17(20(25)14-18)6-4-16-5-10-23(28-2)21(26)13-16/h5,7-11,13-15H,3-4,6,12H2,1-2H3. The Morgan fingerprint density at radius 1 is 0.724 bits per heavy atom. The van der Waals surface area contributed by atoms with E-state index in [0.717, 1.165) is 12.0 Å². The Labute approximate surface area is 168 Å². The van der Waals surface area contributed by atoms with E-state index >= 15 is 0 Å². The van der Waals surface area contributed by atoms with E-state index in [1.54, 1.807) is 36.4 Å². The molecule has 0 aliphatic heterocycles. The zero-order valence-electron chi connectivity index (χ0n) is 16.5. The van der Waals surface area contributed by atoms with Gasteiger partial charge in [-0.2, -0.15) is 0 Å². The van der Waals surface area contributed by atoms with Gasteiger partial charge in [-0.05, 0) is 71.8 Å². The van der Waals surface area contributed by atoms with Crippen molar-refractivity contribution in [2.45, 2.75) is 26.2 Å². The molecule has 0 radical (unpaired) electrons. The molecule has 152 valence electrons. The first-order valence-corrected chi connectivity index (χ1v) is 9.55. The van der Waals surface area contributed by atoms with Gasteiger partial charge in [-0.3, -0.25) is 0 Å². The van der Waals surface area contributed by atoms with Crippen LogP contribution in [0.2, 0.25) is 0 Å². The maximum atomic E-state index is 14.6. The summed E-state index contributed by atoms with van der Waals surface area (Å²) in [7, 11) is 1.41. The molecule has 0 spiro atoms. The minimum Gasteiger partial charge on any atom is -0.494 e. The van der Waals surface area contributed by atoms with Crippen molar-refractivity contribution in [3.8, 4) is 22.6 Å². The van der Waals surface area contributed by atoms with Gasteiger partial charge in [0.25, 0.3) is 0 Å². The van der Waals surface area contributed by atoms with Gasteiger partial charge < -0.3 is 9.47 Å². The summed E-state index contributed by atoms with van der Waals surface area (Å²) in [4.78, 5) is 0. The molecule has 5 heteroatoms. The fourth-order valence-electron chi connectivity index (χ4n) is 3.08. The second-order valence-electron chi connectivity index (χ2n) is 6.77. The Morgan fingerprint density at radius 2 is 1.38 bits per heavy atom. The van der Waals surface area contributed by atoms with E-state index in [9.17, 15) is 13.2 Å². The number of methoxy groups -OCH3 is 1. The molecular formula is C24H23F3O2.